The van der Waals surface area contributed by atoms with E-state index < -0.39 is 5.97 Å². The van der Waals surface area contributed by atoms with Crippen molar-refractivity contribution in [1.29, 1.82) is 0 Å². The van der Waals surface area contributed by atoms with Gasteiger partial charge in [0.2, 0.25) is 0 Å². The maximum atomic E-state index is 11.3. The van der Waals surface area contributed by atoms with Crippen molar-refractivity contribution in [3.63, 3.8) is 0 Å². The van der Waals surface area contributed by atoms with E-state index in [4.69, 9.17) is 0 Å². The highest BCUT2D eigenvalue weighted by Crippen LogP contribution is 2.32. The molecule has 3 aromatic carbocycles. The van der Waals surface area contributed by atoms with Crippen LogP contribution in [0.15, 0.2) is 78.9 Å². The SMILES string of the molecule is O=C(O)c1cc2c(-c3ccccc3Cc3ccccc3)cccc2[nH]1. The lowest BCUT2D eigenvalue weighted by atomic mass is 9.93. The van der Waals surface area contributed by atoms with Gasteiger partial charge in [-0.3, -0.25) is 0 Å². The molecule has 0 spiro atoms. The zero-order valence-corrected chi connectivity index (χ0v) is 13.6. The summed E-state index contributed by atoms with van der Waals surface area (Å²) in [7, 11) is 0. The molecule has 4 aromatic rings. The highest BCUT2D eigenvalue weighted by atomic mass is 16.4. The van der Waals surface area contributed by atoms with Crippen LogP contribution >= 0.6 is 0 Å². The monoisotopic (exact) mass is 327 g/mol. The molecule has 122 valence electrons. The van der Waals surface area contributed by atoms with Crippen LogP contribution in [0.1, 0.15) is 21.6 Å². The number of rotatable bonds is 4. The average molecular weight is 327 g/mol. The molecule has 2 N–H and O–H groups in total. The standard InChI is InChI=1S/C22H17NO2/c24-22(25)21-14-19-18(11-6-12-20(19)23-21)17-10-5-4-9-16(17)13-15-7-2-1-3-8-15/h1-12,14,23H,13H2,(H,24,25). The molecule has 0 bridgehead atoms. The number of benzene rings is 3. The minimum atomic E-state index is -0.945. The van der Waals surface area contributed by atoms with Crippen molar-refractivity contribution in [2.75, 3.05) is 0 Å². The Morgan fingerprint density at radius 1 is 0.840 bits per heavy atom. The van der Waals surface area contributed by atoms with E-state index >= 15 is 0 Å². The summed E-state index contributed by atoms with van der Waals surface area (Å²) < 4.78 is 0. The molecule has 0 radical (unpaired) electrons. The second kappa shape index (κ2) is 6.29. The van der Waals surface area contributed by atoms with Crippen LogP contribution in [-0.2, 0) is 6.42 Å². The van der Waals surface area contributed by atoms with Gasteiger partial charge in [-0.25, -0.2) is 4.79 Å². The van der Waals surface area contributed by atoms with Crippen LogP contribution < -0.4 is 0 Å². The number of H-pyrrole nitrogens is 1. The largest absolute Gasteiger partial charge is 0.477 e. The number of aromatic amines is 1. The van der Waals surface area contributed by atoms with Gasteiger partial charge in [0.25, 0.3) is 0 Å². The summed E-state index contributed by atoms with van der Waals surface area (Å²) in [5.41, 5.74) is 5.70. The molecule has 0 amide bonds. The minimum absolute atomic E-state index is 0.211. The van der Waals surface area contributed by atoms with Gasteiger partial charge in [0.1, 0.15) is 5.69 Å². The van der Waals surface area contributed by atoms with Gasteiger partial charge < -0.3 is 10.1 Å². The normalized spacial score (nSPS) is 10.9. The molecule has 0 fully saturated rings. The van der Waals surface area contributed by atoms with Crippen molar-refractivity contribution in [3.05, 3.63) is 95.7 Å². The first-order valence-corrected chi connectivity index (χ1v) is 8.19. The summed E-state index contributed by atoms with van der Waals surface area (Å²) in [6.07, 6.45) is 0.837. The first-order valence-electron chi connectivity index (χ1n) is 8.19. The summed E-state index contributed by atoms with van der Waals surface area (Å²) in [5, 5.41) is 10.2. The van der Waals surface area contributed by atoms with Gasteiger partial charge in [-0.15, -0.1) is 0 Å². The number of fused-ring (bicyclic) bond motifs is 1. The molecule has 0 unspecified atom stereocenters. The minimum Gasteiger partial charge on any atom is -0.477 e. The van der Waals surface area contributed by atoms with E-state index in [-0.39, 0.29) is 5.69 Å². The molecule has 3 heteroatoms. The predicted molar refractivity (Wildman–Crippen MR) is 99.9 cm³/mol. The Morgan fingerprint density at radius 2 is 1.56 bits per heavy atom. The van der Waals surface area contributed by atoms with Gasteiger partial charge in [0.05, 0.1) is 0 Å². The second-order valence-electron chi connectivity index (χ2n) is 6.07. The third kappa shape index (κ3) is 2.92. The van der Waals surface area contributed by atoms with Crippen molar-refractivity contribution in [2.45, 2.75) is 6.42 Å². The van der Waals surface area contributed by atoms with Gasteiger partial charge in [-0.05, 0) is 40.8 Å². The van der Waals surface area contributed by atoms with Gasteiger partial charge in [0, 0.05) is 10.9 Å². The lowest BCUT2D eigenvalue weighted by Gasteiger charge is -2.11. The molecule has 1 heterocycles. The van der Waals surface area contributed by atoms with Crippen LogP contribution in [0, 0.1) is 0 Å². The fourth-order valence-corrected chi connectivity index (χ4v) is 3.26. The number of carbonyl (C=O) groups is 1. The fraction of sp³-hybridized carbons (Fsp3) is 0.0455. The van der Waals surface area contributed by atoms with Gasteiger partial charge in [0.15, 0.2) is 0 Å². The molecular weight excluding hydrogens is 310 g/mol. The van der Waals surface area contributed by atoms with Crippen molar-refractivity contribution in [2.24, 2.45) is 0 Å². The van der Waals surface area contributed by atoms with Crippen LogP contribution in [0.5, 0.6) is 0 Å². The molecule has 1 aromatic heterocycles. The van der Waals surface area contributed by atoms with Crippen LogP contribution in [0.3, 0.4) is 0 Å². The summed E-state index contributed by atoms with van der Waals surface area (Å²) in [6, 6.07) is 26.3. The Balaban J connectivity index is 1.85. The molecule has 0 aliphatic carbocycles. The van der Waals surface area contributed by atoms with Crippen molar-refractivity contribution in [1.82, 2.24) is 4.98 Å². The van der Waals surface area contributed by atoms with Crippen LogP contribution in [-0.4, -0.2) is 16.1 Å². The Hall–Kier alpha value is -3.33. The summed E-state index contributed by atoms with van der Waals surface area (Å²) in [5.74, 6) is -0.945. The highest BCUT2D eigenvalue weighted by Gasteiger charge is 2.13. The van der Waals surface area contributed by atoms with E-state index in [9.17, 15) is 9.90 Å². The zero-order valence-electron chi connectivity index (χ0n) is 13.6. The first kappa shape index (κ1) is 15.2. The van der Waals surface area contributed by atoms with Gasteiger partial charge >= 0.3 is 5.97 Å². The molecule has 3 nitrogen and oxygen atoms in total. The highest BCUT2D eigenvalue weighted by molar-refractivity contribution is 6.01. The van der Waals surface area contributed by atoms with Gasteiger partial charge in [-0.1, -0.05) is 66.7 Å². The quantitative estimate of drug-likeness (QED) is 0.546. The first-order chi connectivity index (χ1) is 12.2. The summed E-state index contributed by atoms with van der Waals surface area (Å²) in [4.78, 5) is 14.3. The van der Waals surface area contributed by atoms with Crippen molar-refractivity contribution >= 4 is 16.9 Å². The van der Waals surface area contributed by atoms with E-state index in [1.54, 1.807) is 6.07 Å². The number of hydrogen-bond donors (Lipinski definition) is 2. The van der Waals surface area contributed by atoms with E-state index in [0.717, 1.165) is 28.5 Å². The molecule has 25 heavy (non-hydrogen) atoms. The predicted octanol–water partition coefficient (Wildman–Crippen LogP) is 5.12. The molecule has 4 rings (SSSR count). The van der Waals surface area contributed by atoms with Crippen LogP contribution in [0.2, 0.25) is 0 Å². The molecule has 0 saturated heterocycles. The number of carboxylic acid groups (broad SMARTS) is 1. The van der Waals surface area contributed by atoms with E-state index in [0.29, 0.717) is 0 Å². The number of aromatic carboxylic acids is 1. The number of aromatic nitrogens is 1. The Morgan fingerprint density at radius 3 is 2.36 bits per heavy atom. The molecule has 0 atom stereocenters. The second-order valence-corrected chi connectivity index (χ2v) is 6.07. The van der Waals surface area contributed by atoms with Gasteiger partial charge in [-0.2, -0.15) is 0 Å². The van der Waals surface area contributed by atoms with E-state index in [2.05, 4.69) is 29.2 Å². The number of carboxylic acids is 1. The zero-order chi connectivity index (χ0) is 17.2. The summed E-state index contributed by atoms with van der Waals surface area (Å²) in [6.45, 7) is 0. The van der Waals surface area contributed by atoms with Crippen LogP contribution in [0.4, 0.5) is 0 Å². The Bertz CT molecular complexity index is 1050. The van der Waals surface area contributed by atoms with Crippen LogP contribution in [0.25, 0.3) is 22.0 Å². The number of hydrogen-bond acceptors (Lipinski definition) is 1. The fourth-order valence-electron chi connectivity index (χ4n) is 3.26. The average Bonchev–Trinajstić information content (AvgIpc) is 3.08. The molecular formula is C22H17NO2. The number of nitrogens with one attached hydrogen (secondary N) is 1. The maximum absolute atomic E-state index is 11.3. The third-order valence-corrected chi connectivity index (χ3v) is 4.44. The topological polar surface area (TPSA) is 53.1 Å². The lowest BCUT2D eigenvalue weighted by Crippen LogP contribution is -1.94. The maximum Gasteiger partial charge on any atom is 0.352 e. The van der Waals surface area contributed by atoms with Crippen molar-refractivity contribution < 1.29 is 9.90 Å². The van der Waals surface area contributed by atoms with E-state index in [1.165, 1.54) is 11.1 Å². The lowest BCUT2D eigenvalue weighted by molar-refractivity contribution is 0.0691. The van der Waals surface area contributed by atoms with E-state index in [1.807, 2.05) is 48.5 Å². The smallest absolute Gasteiger partial charge is 0.352 e. The summed E-state index contributed by atoms with van der Waals surface area (Å²) >= 11 is 0. The molecule has 0 aliphatic rings. The third-order valence-electron chi connectivity index (χ3n) is 4.44. The van der Waals surface area contributed by atoms with Crippen molar-refractivity contribution in [3.8, 4) is 11.1 Å². The molecule has 0 saturated carbocycles. The Kier molecular flexibility index (Phi) is 3.82. The molecule has 0 aliphatic heterocycles. The Labute approximate surface area is 145 Å².